The number of rotatable bonds is 5. The predicted molar refractivity (Wildman–Crippen MR) is 141 cm³/mol. The van der Waals surface area contributed by atoms with Crippen LogP contribution in [0.4, 0.5) is 4.39 Å². The molecule has 3 aromatic carbocycles. The first-order valence-electron chi connectivity index (χ1n) is 11.8. The van der Waals surface area contributed by atoms with E-state index in [0.717, 1.165) is 31.6 Å². The second-order valence-corrected chi connectivity index (χ2v) is 9.76. The van der Waals surface area contributed by atoms with Gasteiger partial charge in [0.15, 0.2) is 11.5 Å². The highest BCUT2D eigenvalue weighted by Gasteiger charge is 2.33. The van der Waals surface area contributed by atoms with Crippen molar-refractivity contribution in [1.29, 1.82) is 0 Å². The average molecular weight is 575 g/mol. The van der Waals surface area contributed by atoms with Crippen molar-refractivity contribution >= 4 is 27.5 Å². The summed E-state index contributed by atoms with van der Waals surface area (Å²) >= 11 is 3.43. The number of hydrogen-bond donors (Lipinski definition) is 0. The Balaban J connectivity index is 1.31. The maximum absolute atomic E-state index is 13.6. The molecule has 0 bridgehead atoms. The number of halogens is 2. The van der Waals surface area contributed by atoms with Crippen LogP contribution in [-0.2, 0) is 11.3 Å². The number of amides is 1. The van der Waals surface area contributed by atoms with E-state index in [1.165, 1.54) is 23.2 Å². The Morgan fingerprint density at radius 1 is 0.947 bits per heavy atom. The van der Waals surface area contributed by atoms with Gasteiger partial charge in [0.25, 0.3) is 11.5 Å². The Kier molecular flexibility index (Phi) is 6.24. The van der Waals surface area contributed by atoms with Gasteiger partial charge in [0.1, 0.15) is 12.4 Å². The summed E-state index contributed by atoms with van der Waals surface area (Å²) in [4.78, 5) is 26.2. The standard InChI is InChI=1S/C28H20BrFN4O4/c29-20-6-1-17(2-7-20)23-14-24(18-3-8-21(30)9-4-18)34(32-23)28(36)15-33-27(35)12-10-22(31-33)19-5-11-25-26(13-19)38-16-37-25/h1-13,24H,14-16H2. The SMILES string of the molecule is O=C(Cn1nc(-c2ccc3c(c2)OCO3)ccc1=O)N1N=C(c2ccc(Br)cc2)CC1c1ccc(F)cc1. The van der Waals surface area contributed by atoms with E-state index in [9.17, 15) is 14.0 Å². The first-order valence-corrected chi connectivity index (χ1v) is 12.6. The van der Waals surface area contributed by atoms with Gasteiger partial charge in [-0.25, -0.2) is 14.1 Å². The van der Waals surface area contributed by atoms with Crippen LogP contribution in [-0.4, -0.2) is 33.2 Å². The molecule has 6 rings (SSSR count). The maximum Gasteiger partial charge on any atom is 0.267 e. The lowest BCUT2D eigenvalue weighted by atomic mass is 9.98. The van der Waals surface area contributed by atoms with Crippen LogP contribution in [0.15, 0.2) is 93.2 Å². The summed E-state index contributed by atoms with van der Waals surface area (Å²) in [5.41, 5.74) is 3.13. The minimum absolute atomic E-state index is 0.147. The number of aromatic nitrogens is 2. The van der Waals surface area contributed by atoms with E-state index in [1.807, 2.05) is 30.3 Å². The molecule has 1 amide bonds. The van der Waals surface area contributed by atoms with E-state index >= 15 is 0 Å². The van der Waals surface area contributed by atoms with Crippen LogP contribution in [0.25, 0.3) is 11.3 Å². The second kappa shape index (κ2) is 9.86. The molecule has 10 heteroatoms. The van der Waals surface area contributed by atoms with Gasteiger partial charge in [-0.3, -0.25) is 9.59 Å². The Labute approximate surface area is 225 Å². The lowest BCUT2D eigenvalue weighted by molar-refractivity contribution is -0.133. The van der Waals surface area contributed by atoms with Crippen molar-refractivity contribution in [2.75, 3.05) is 6.79 Å². The first kappa shape index (κ1) is 24.1. The topological polar surface area (TPSA) is 86.0 Å². The molecule has 1 aromatic heterocycles. The molecular weight excluding hydrogens is 555 g/mol. The lowest BCUT2D eigenvalue weighted by Gasteiger charge is -2.22. The third kappa shape index (κ3) is 4.70. The van der Waals surface area contributed by atoms with Crippen molar-refractivity contribution in [3.8, 4) is 22.8 Å². The summed E-state index contributed by atoms with van der Waals surface area (Å²) < 4.78 is 26.5. The zero-order valence-electron chi connectivity index (χ0n) is 19.9. The van der Waals surface area contributed by atoms with Crippen LogP contribution in [0.2, 0.25) is 0 Å². The van der Waals surface area contributed by atoms with Crippen molar-refractivity contribution < 1.29 is 18.7 Å². The van der Waals surface area contributed by atoms with Crippen LogP contribution in [0, 0.1) is 5.82 Å². The number of carbonyl (C=O) groups is 1. The van der Waals surface area contributed by atoms with Gasteiger partial charge in [-0.05, 0) is 59.7 Å². The van der Waals surface area contributed by atoms with Gasteiger partial charge in [-0.15, -0.1) is 0 Å². The van der Waals surface area contributed by atoms with Gasteiger partial charge in [0.05, 0.1) is 17.4 Å². The van der Waals surface area contributed by atoms with E-state index < -0.39 is 17.5 Å². The fraction of sp³-hybridized carbons (Fsp3) is 0.143. The molecule has 8 nitrogen and oxygen atoms in total. The fourth-order valence-corrected chi connectivity index (χ4v) is 4.74. The molecule has 0 saturated carbocycles. The van der Waals surface area contributed by atoms with Crippen LogP contribution < -0.4 is 15.0 Å². The fourth-order valence-electron chi connectivity index (χ4n) is 4.47. The van der Waals surface area contributed by atoms with Crippen molar-refractivity contribution in [2.24, 2.45) is 5.10 Å². The third-order valence-corrected chi connectivity index (χ3v) is 6.95. The normalized spacial score (nSPS) is 16.0. The number of hydrazone groups is 1. The number of benzene rings is 3. The monoisotopic (exact) mass is 574 g/mol. The molecule has 1 unspecified atom stereocenters. The van der Waals surface area contributed by atoms with E-state index in [1.54, 1.807) is 30.3 Å². The van der Waals surface area contributed by atoms with Crippen molar-refractivity contribution in [2.45, 2.75) is 19.0 Å². The molecule has 4 aromatic rings. The zero-order chi connectivity index (χ0) is 26.2. The van der Waals surface area contributed by atoms with Gasteiger partial charge < -0.3 is 9.47 Å². The van der Waals surface area contributed by atoms with Crippen molar-refractivity contribution in [3.63, 3.8) is 0 Å². The Morgan fingerprint density at radius 2 is 1.68 bits per heavy atom. The molecule has 0 fully saturated rings. The van der Waals surface area contributed by atoms with Crippen molar-refractivity contribution in [3.05, 3.63) is 111 Å². The van der Waals surface area contributed by atoms with Gasteiger partial charge in [0, 0.05) is 22.5 Å². The Hall–Kier alpha value is -4.31. The summed E-state index contributed by atoms with van der Waals surface area (Å²) in [6, 6.07) is 21.5. The van der Waals surface area contributed by atoms with Gasteiger partial charge in [-0.2, -0.15) is 10.2 Å². The van der Waals surface area contributed by atoms with Gasteiger partial charge >= 0.3 is 0 Å². The first-order chi connectivity index (χ1) is 18.4. The Morgan fingerprint density at radius 3 is 2.47 bits per heavy atom. The minimum Gasteiger partial charge on any atom is -0.454 e. The van der Waals surface area contributed by atoms with Crippen LogP contribution in [0.5, 0.6) is 11.5 Å². The molecule has 2 aliphatic heterocycles. The molecule has 190 valence electrons. The predicted octanol–water partition coefficient (Wildman–Crippen LogP) is 4.92. The molecule has 0 radical (unpaired) electrons. The number of ether oxygens (including phenoxy) is 2. The molecular formula is C28H20BrFN4O4. The van der Waals surface area contributed by atoms with Gasteiger partial charge in [0.2, 0.25) is 6.79 Å². The molecule has 0 N–H and O–H groups in total. The lowest BCUT2D eigenvalue weighted by Crippen LogP contribution is -2.34. The number of hydrogen-bond acceptors (Lipinski definition) is 6. The largest absolute Gasteiger partial charge is 0.454 e. The Bertz CT molecular complexity index is 1620. The average Bonchev–Trinajstić information content (AvgIpc) is 3.58. The quantitative estimate of drug-likeness (QED) is 0.338. The molecule has 1 atom stereocenters. The van der Waals surface area contributed by atoms with E-state index in [4.69, 9.17) is 9.47 Å². The van der Waals surface area contributed by atoms with E-state index in [2.05, 4.69) is 26.1 Å². The highest BCUT2D eigenvalue weighted by Crippen LogP contribution is 2.36. The smallest absolute Gasteiger partial charge is 0.267 e. The highest BCUT2D eigenvalue weighted by atomic mass is 79.9. The summed E-state index contributed by atoms with van der Waals surface area (Å²) in [5.74, 6) is 0.448. The minimum atomic E-state index is -0.450. The van der Waals surface area contributed by atoms with Gasteiger partial charge in [-0.1, -0.05) is 40.2 Å². The van der Waals surface area contributed by atoms with Crippen LogP contribution in [0.1, 0.15) is 23.6 Å². The highest BCUT2D eigenvalue weighted by molar-refractivity contribution is 9.10. The number of fused-ring (bicyclic) bond motifs is 1. The van der Waals surface area contributed by atoms with Crippen molar-refractivity contribution in [1.82, 2.24) is 14.8 Å². The molecule has 0 saturated heterocycles. The summed E-state index contributed by atoms with van der Waals surface area (Å²) in [6.07, 6.45) is 0.443. The molecule has 2 aliphatic rings. The zero-order valence-corrected chi connectivity index (χ0v) is 21.5. The molecule has 0 spiro atoms. The maximum atomic E-state index is 13.6. The second-order valence-electron chi connectivity index (χ2n) is 8.85. The molecule has 38 heavy (non-hydrogen) atoms. The molecule has 3 heterocycles. The summed E-state index contributed by atoms with van der Waals surface area (Å²) in [7, 11) is 0. The summed E-state index contributed by atoms with van der Waals surface area (Å²) in [6.45, 7) is -0.167. The van der Waals surface area contributed by atoms with E-state index in [-0.39, 0.29) is 19.2 Å². The van der Waals surface area contributed by atoms with E-state index in [0.29, 0.717) is 23.6 Å². The number of nitrogens with zero attached hydrogens (tertiary/aromatic N) is 4. The van der Waals surface area contributed by atoms with Crippen LogP contribution in [0.3, 0.4) is 0 Å². The third-order valence-electron chi connectivity index (χ3n) is 6.42. The summed E-state index contributed by atoms with van der Waals surface area (Å²) in [5, 5.41) is 10.4. The molecule has 0 aliphatic carbocycles. The number of carbonyl (C=O) groups excluding carboxylic acids is 1. The van der Waals surface area contributed by atoms with Crippen LogP contribution >= 0.6 is 15.9 Å².